The van der Waals surface area contributed by atoms with E-state index < -0.39 is 12.1 Å². The molecule has 0 unspecified atom stereocenters. The molecule has 0 spiro atoms. The van der Waals surface area contributed by atoms with E-state index in [0.717, 1.165) is 31.2 Å². The number of carbonyl (C=O) groups is 2. The van der Waals surface area contributed by atoms with Gasteiger partial charge in [-0.25, -0.2) is 9.48 Å². The molecule has 1 heterocycles. The van der Waals surface area contributed by atoms with E-state index in [2.05, 4.69) is 10.4 Å². The molecule has 29 heavy (non-hydrogen) atoms. The van der Waals surface area contributed by atoms with E-state index in [-0.39, 0.29) is 22.7 Å². The summed E-state index contributed by atoms with van der Waals surface area (Å²) in [4.78, 5) is 25.1. The second-order valence-electron chi connectivity index (χ2n) is 7.64. The van der Waals surface area contributed by atoms with Crippen LogP contribution in [-0.2, 0) is 16.1 Å². The van der Waals surface area contributed by atoms with E-state index in [0.29, 0.717) is 12.2 Å². The van der Waals surface area contributed by atoms with E-state index in [1.54, 1.807) is 18.5 Å². The number of esters is 1. The van der Waals surface area contributed by atoms with Crippen LogP contribution in [0.25, 0.3) is 0 Å². The third-order valence-corrected chi connectivity index (χ3v) is 5.68. The zero-order chi connectivity index (χ0) is 20.8. The number of hydrogen-bond donors (Lipinski definition) is 1. The minimum Gasteiger partial charge on any atom is -0.449 e. The fourth-order valence-electron chi connectivity index (χ4n) is 3.66. The van der Waals surface area contributed by atoms with Crippen molar-refractivity contribution >= 4 is 23.5 Å². The first kappa shape index (κ1) is 21.4. The summed E-state index contributed by atoms with van der Waals surface area (Å²) in [7, 11) is 0. The second-order valence-corrected chi connectivity index (χ2v) is 8.00. The molecule has 7 heteroatoms. The van der Waals surface area contributed by atoms with Crippen molar-refractivity contribution in [3.05, 3.63) is 52.3 Å². The van der Waals surface area contributed by atoms with Gasteiger partial charge >= 0.3 is 5.97 Å². The van der Waals surface area contributed by atoms with Crippen molar-refractivity contribution in [2.75, 3.05) is 0 Å². The first-order valence-corrected chi connectivity index (χ1v) is 10.6. The molecule has 1 fully saturated rings. The number of nitrogens with zero attached hydrogens (tertiary/aromatic N) is 2. The van der Waals surface area contributed by atoms with Crippen molar-refractivity contribution in [3.8, 4) is 0 Å². The average molecular weight is 418 g/mol. The summed E-state index contributed by atoms with van der Waals surface area (Å²) in [6.45, 7) is 3.74. The van der Waals surface area contributed by atoms with Gasteiger partial charge in [-0.3, -0.25) is 4.79 Å². The van der Waals surface area contributed by atoms with Crippen molar-refractivity contribution in [2.45, 2.75) is 71.1 Å². The Balaban J connectivity index is 1.63. The summed E-state index contributed by atoms with van der Waals surface area (Å²) in [5.41, 5.74) is 1.71. The third-order valence-electron chi connectivity index (χ3n) is 5.30. The van der Waals surface area contributed by atoms with Gasteiger partial charge in [-0.2, -0.15) is 5.10 Å². The number of aromatic nitrogens is 2. The molecule has 1 aromatic heterocycles. The number of aryl methyl sites for hydroxylation is 1. The highest BCUT2D eigenvalue weighted by molar-refractivity contribution is 6.32. The molecule has 2 aromatic rings. The minimum atomic E-state index is -0.890. The van der Waals surface area contributed by atoms with E-state index >= 15 is 0 Å². The van der Waals surface area contributed by atoms with Crippen LogP contribution in [0.15, 0.2) is 30.3 Å². The van der Waals surface area contributed by atoms with Crippen LogP contribution in [0.1, 0.15) is 67.1 Å². The van der Waals surface area contributed by atoms with Gasteiger partial charge in [0.15, 0.2) is 6.10 Å². The monoisotopic (exact) mass is 417 g/mol. The maximum Gasteiger partial charge on any atom is 0.343 e. The number of halogens is 1. The predicted octanol–water partition coefficient (Wildman–Crippen LogP) is 4.28. The van der Waals surface area contributed by atoms with Gasteiger partial charge in [0.1, 0.15) is 10.7 Å². The van der Waals surface area contributed by atoms with Crippen molar-refractivity contribution in [1.29, 1.82) is 0 Å². The molecule has 1 aromatic carbocycles. The Hall–Kier alpha value is -2.34. The third kappa shape index (κ3) is 5.60. The number of nitrogens with one attached hydrogen (secondary N) is 1. The van der Waals surface area contributed by atoms with Crippen LogP contribution < -0.4 is 5.32 Å². The van der Waals surface area contributed by atoms with Gasteiger partial charge in [-0.1, -0.05) is 67.6 Å². The van der Waals surface area contributed by atoms with Gasteiger partial charge in [-0.05, 0) is 32.3 Å². The molecular weight excluding hydrogens is 390 g/mol. The van der Waals surface area contributed by atoms with Gasteiger partial charge < -0.3 is 10.1 Å². The minimum absolute atomic E-state index is 0.157. The number of hydrogen-bond acceptors (Lipinski definition) is 4. The highest BCUT2D eigenvalue weighted by Gasteiger charge is 2.27. The lowest BCUT2D eigenvalue weighted by Crippen LogP contribution is -2.41. The Bertz CT molecular complexity index is 842. The SMILES string of the molecule is Cc1nn(Cc2ccccc2)c(Cl)c1C(=O)O[C@H](C)C(=O)NC1CCCCCC1. The Kier molecular flexibility index (Phi) is 7.31. The molecule has 0 aliphatic heterocycles. The smallest absolute Gasteiger partial charge is 0.343 e. The first-order chi connectivity index (χ1) is 14.0. The molecule has 1 aliphatic rings. The van der Waals surface area contributed by atoms with Crippen LogP contribution in [0.2, 0.25) is 5.15 Å². The van der Waals surface area contributed by atoms with Crippen LogP contribution in [0.5, 0.6) is 0 Å². The quantitative estimate of drug-likeness (QED) is 0.562. The fraction of sp³-hybridized carbons (Fsp3) is 0.500. The van der Waals surface area contributed by atoms with E-state index in [1.165, 1.54) is 12.8 Å². The van der Waals surface area contributed by atoms with Crippen LogP contribution >= 0.6 is 11.6 Å². The maximum atomic E-state index is 12.7. The summed E-state index contributed by atoms with van der Waals surface area (Å²) in [5.74, 6) is -0.897. The van der Waals surface area contributed by atoms with Gasteiger partial charge in [0, 0.05) is 6.04 Å². The number of amides is 1. The number of carbonyl (C=O) groups excluding carboxylic acids is 2. The maximum absolute atomic E-state index is 12.7. The largest absolute Gasteiger partial charge is 0.449 e. The Labute approximate surface area is 176 Å². The van der Waals surface area contributed by atoms with E-state index in [1.807, 2.05) is 30.3 Å². The topological polar surface area (TPSA) is 73.2 Å². The number of benzene rings is 1. The highest BCUT2D eigenvalue weighted by atomic mass is 35.5. The molecule has 1 saturated carbocycles. The van der Waals surface area contributed by atoms with Crippen molar-refractivity contribution in [1.82, 2.24) is 15.1 Å². The van der Waals surface area contributed by atoms with E-state index in [9.17, 15) is 9.59 Å². The fourth-order valence-corrected chi connectivity index (χ4v) is 3.97. The predicted molar refractivity (Wildman–Crippen MR) is 112 cm³/mol. The van der Waals surface area contributed by atoms with Gasteiger partial charge in [0.05, 0.1) is 12.2 Å². The van der Waals surface area contributed by atoms with Gasteiger partial charge in [0.2, 0.25) is 0 Å². The summed E-state index contributed by atoms with van der Waals surface area (Å²) in [5, 5.41) is 7.59. The molecule has 0 bridgehead atoms. The summed E-state index contributed by atoms with van der Waals surface area (Å²) in [6.07, 6.45) is 5.72. The summed E-state index contributed by atoms with van der Waals surface area (Å²) >= 11 is 6.41. The summed E-state index contributed by atoms with van der Waals surface area (Å²) in [6, 6.07) is 9.89. The Morgan fingerprint density at radius 2 is 1.86 bits per heavy atom. The Morgan fingerprint density at radius 3 is 2.52 bits per heavy atom. The molecule has 1 aliphatic carbocycles. The lowest BCUT2D eigenvalue weighted by Gasteiger charge is -2.19. The highest BCUT2D eigenvalue weighted by Crippen LogP contribution is 2.23. The van der Waals surface area contributed by atoms with Crippen LogP contribution in [-0.4, -0.2) is 33.8 Å². The number of rotatable bonds is 6. The van der Waals surface area contributed by atoms with Crippen LogP contribution in [0.4, 0.5) is 0 Å². The standard InChI is InChI=1S/C22H28ClN3O3/c1-15-19(20(23)26(25-15)14-17-10-6-5-7-11-17)22(28)29-16(2)21(27)24-18-12-8-3-4-9-13-18/h5-7,10-11,16,18H,3-4,8-9,12-14H2,1-2H3,(H,24,27)/t16-/m1/s1. The van der Waals surface area contributed by atoms with Gasteiger partial charge in [0.25, 0.3) is 5.91 Å². The molecule has 3 rings (SSSR count). The van der Waals surface area contributed by atoms with Crippen molar-refractivity contribution in [3.63, 3.8) is 0 Å². The summed E-state index contributed by atoms with van der Waals surface area (Å²) < 4.78 is 6.98. The molecule has 0 radical (unpaired) electrons. The molecule has 156 valence electrons. The van der Waals surface area contributed by atoms with E-state index in [4.69, 9.17) is 16.3 Å². The van der Waals surface area contributed by atoms with Crippen LogP contribution in [0.3, 0.4) is 0 Å². The molecular formula is C22H28ClN3O3. The zero-order valence-corrected chi connectivity index (χ0v) is 17.7. The second kappa shape index (κ2) is 9.92. The van der Waals surface area contributed by atoms with Crippen molar-refractivity contribution < 1.29 is 14.3 Å². The van der Waals surface area contributed by atoms with Gasteiger partial charge in [-0.15, -0.1) is 0 Å². The number of ether oxygens (including phenoxy) is 1. The normalized spacial score (nSPS) is 16.1. The average Bonchev–Trinajstić information content (AvgIpc) is 2.86. The lowest BCUT2D eigenvalue weighted by atomic mass is 10.1. The van der Waals surface area contributed by atoms with Crippen LogP contribution in [0, 0.1) is 6.92 Å². The molecule has 6 nitrogen and oxygen atoms in total. The molecule has 1 amide bonds. The van der Waals surface area contributed by atoms with Crippen molar-refractivity contribution in [2.24, 2.45) is 0 Å². The Morgan fingerprint density at radius 1 is 1.21 bits per heavy atom. The first-order valence-electron chi connectivity index (χ1n) is 10.2. The molecule has 1 atom stereocenters. The molecule has 0 saturated heterocycles. The lowest BCUT2D eigenvalue weighted by molar-refractivity contribution is -0.129. The molecule has 1 N–H and O–H groups in total. The zero-order valence-electron chi connectivity index (χ0n) is 17.0.